The van der Waals surface area contributed by atoms with Gasteiger partial charge in [0.2, 0.25) is 0 Å². The Labute approximate surface area is 103 Å². The van der Waals surface area contributed by atoms with E-state index in [2.05, 4.69) is 38.1 Å². The smallest absolute Gasteiger partial charge is 0.0817 e. The first-order chi connectivity index (χ1) is 7.29. The molecule has 0 radical (unpaired) electrons. The van der Waals surface area contributed by atoms with Crippen molar-refractivity contribution >= 4 is 11.6 Å². The van der Waals surface area contributed by atoms with Gasteiger partial charge in [0, 0.05) is 12.6 Å². The molecule has 0 aliphatic rings. The maximum Gasteiger partial charge on any atom is 0.0817 e. The van der Waals surface area contributed by atoms with E-state index in [1.807, 2.05) is 11.7 Å². The zero-order valence-corrected chi connectivity index (χ0v) is 11.6. The molecule has 1 atom stereocenters. The molecule has 0 saturated carbocycles. The van der Waals surface area contributed by atoms with Crippen molar-refractivity contribution in [3.05, 3.63) is 16.9 Å². The predicted octanol–water partition coefficient (Wildman–Crippen LogP) is 2.64. The van der Waals surface area contributed by atoms with Crippen LogP contribution in [0, 0.1) is 5.92 Å². The fraction of sp³-hybridized carbons (Fsp3) is 0.750. The molecular formula is C12H22ClN3. The third-order valence-electron chi connectivity index (χ3n) is 2.53. The second-order valence-electron chi connectivity index (χ2n) is 5.50. The molecule has 1 aromatic heterocycles. The standard InChI is InChI=1S/C12H22ClN3/c1-9(7-14-12(2,3)4)6-11-10(13)8-15-16(11)5/h8-9,14H,6-7H2,1-5H3. The van der Waals surface area contributed by atoms with Gasteiger partial charge in [0.15, 0.2) is 0 Å². The van der Waals surface area contributed by atoms with Crippen molar-refractivity contribution in [1.82, 2.24) is 15.1 Å². The van der Waals surface area contributed by atoms with Gasteiger partial charge < -0.3 is 5.32 Å². The number of hydrogen-bond donors (Lipinski definition) is 1. The fourth-order valence-corrected chi connectivity index (χ4v) is 1.79. The monoisotopic (exact) mass is 243 g/mol. The van der Waals surface area contributed by atoms with Crippen LogP contribution in [0.5, 0.6) is 0 Å². The first-order valence-electron chi connectivity index (χ1n) is 5.71. The van der Waals surface area contributed by atoms with E-state index >= 15 is 0 Å². The predicted molar refractivity (Wildman–Crippen MR) is 68.8 cm³/mol. The zero-order valence-electron chi connectivity index (χ0n) is 10.8. The molecule has 16 heavy (non-hydrogen) atoms. The van der Waals surface area contributed by atoms with Crippen LogP contribution in [-0.2, 0) is 13.5 Å². The van der Waals surface area contributed by atoms with Gasteiger partial charge in [-0.1, -0.05) is 18.5 Å². The van der Waals surface area contributed by atoms with Gasteiger partial charge in [0.1, 0.15) is 0 Å². The van der Waals surface area contributed by atoms with Crippen LogP contribution >= 0.6 is 11.6 Å². The SMILES string of the molecule is CC(CNC(C)(C)C)Cc1c(Cl)cnn1C. The highest BCUT2D eigenvalue weighted by Gasteiger charge is 2.14. The number of nitrogens with one attached hydrogen (secondary N) is 1. The van der Waals surface area contributed by atoms with E-state index in [-0.39, 0.29) is 5.54 Å². The Kier molecular flexibility index (Phi) is 4.39. The van der Waals surface area contributed by atoms with Crippen LogP contribution in [0.15, 0.2) is 6.20 Å². The highest BCUT2D eigenvalue weighted by Crippen LogP contribution is 2.18. The second kappa shape index (κ2) is 5.19. The van der Waals surface area contributed by atoms with Crippen LogP contribution in [-0.4, -0.2) is 21.9 Å². The molecule has 1 aromatic rings. The highest BCUT2D eigenvalue weighted by atomic mass is 35.5. The molecule has 1 rings (SSSR count). The summed E-state index contributed by atoms with van der Waals surface area (Å²) in [5, 5.41) is 8.41. The lowest BCUT2D eigenvalue weighted by molar-refractivity contribution is 0.378. The largest absolute Gasteiger partial charge is 0.312 e. The van der Waals surface area contributed by atoms with E-state index in [9.17, 15) is 0 Å². The minimum Gasteiger partial charge on any atom is -0.312 e. The number of aromatic nitrogens is 2. The van der Waals surface area contributed by atoms with E-state index in [0.717, 1.165) is 23.7 Å². The number of rotatable bonds is 4. The van der Waals surface area contributed by atoms with E-state index < -0.39 is 0 Å². The summed E-state index contributed by atoms with van der Waals surface area (Å²) >= 11 is 6.08. The Morgan fingerprint density at radius 1 is 1.50 bits per heavy atom. The Bertz CT molecular complexity index is 319. The van der Waals surface area contributed by atoms with Gasteiger partial charge in [-0.3, -0.25) is 4.68 Å². The lowest BCUT2D eigenvalue weighted by Gasteiger charge is -2.23. The van der Waals surface area contributed by atoms with Gasteiger partial charge >= 0.3 is 0 Å². The summed E-state index contributed by atoms with van der Waals surface area (Å²) in [6.45, 7) is 9.75. The van der Waals surface area contributed by atoms with Gasteiger partial charge in [0.05, 0.1) is 16.9 Å². The average Bonchev–Trinajstić information content (AvgIpc) is 2.45. The molecule has 0 aliphatic heterocycles. The van der Waals surface area contributed by atoms with Crippen molar-refractivity contribution in [2.24, 2.45) is 13.0 Å². The van der Waals surface area contributed by atoms with Crippen molar-refractivity contribution in [3.63, 3.8) is 0 Å². The molecule has 1 heterocycles. The van der Waals surface area contributed by atoms with Crippen LogP contribution in [0.4, 0.5) is 0 Å². The maximum absolute atomic E-state index is 6.08. The highest BCUT2D eigenvalue weighted by molar-refractivity contribution is 6.31. The lowest BCUT2D eigenvalue weighted by Crippen LogP contribution is -2.39. The molecule has 1 N–H and O–H groups in total. The summed E-state index contributed by atoms with van der Waals surface area (Å²) in [6.07, 6.45) is 2.67. The Hall–Kier alpha value is -0.540. The van der Waals surface area contributed by atoms with Crippen molar-refractivity contribution < 1.29 is 0 Å². The van der Waals surface area contributed by atoms with Gasteiger partial charge in [-0.05, 0) is 39.7 Å². The summed E-state index contributed by atoms with van der Waals surface area (Å²) in [5.41, 5.74) is 1.29. The number of hydrogen-bond acceptors (Lipinski definition) is 2. The van der Waals surface area contributed by atoms with E-state index in [1.54, 1.807) is 6.20 Å². The van der Waals surface area contributed by atoms with Gasteiger partial charge in [-0.15, -0.1) is 0 Å². The summed E-state index contributed by atoms with van der Waals surface area (Å²) < 4.78 is 1.86. The summed E-state index contributed by atoms with van der Waals surface area (Å²) in [7, 11) is 1.94. The first-order valence-corrected chi connectivity index (χ1v) is 6.09. The molecule has 3 nitrogen and oxygen atoms in total. The molecule has 0 aromatic carbocycles. The van der Waals surface area contributed by atoms with Gasteiger partial charge in [-0.2, -0.15) is 5.10 Å². The molecule has 0 aliphatic carbocycles. The van der Waals surface area contributed by atoms with E-state index in [4.69, 9.17) is 11.6 Å². The topological polar surface area (TPSA) is 29.9 Å². The maximum atomic E-state index is 6.08. The zero-order chi connectivity index (χ0) is 12.3. The van der Waals surface area contributed by atoms with E-state index in [1.165, 1.54) is 0 Å². The van der Waals surface area contributed by atoms with Gasteiger partial charge in [-0.25, -0.2) is 0 Å². The van der Waals surface area contributed by atoms with Crippen LogP contribution in [0.2, 0.25) is 5.02 Å². The molecule has 0 bridgehead atoms. The van der Waals surface area contributed by atoms with E-state index in [0.29, 0.717) is 5.92 Å². The van der Waals surface area contributed by atoms with Crippen LogP contribution in [0.1, 0.15) is 33.4 Å². The third-order valence-corrected chi connectivity index (χ3v) is 2.85. The third kappa shape index (κ3) is 4.14. The number of aryl methyl sites for hydroxylation is 1. The molecular weight excluding hydrogens is 222 g/mol. The minimum absolute atomic E-state index is 0.171. The Morgan fingerprint density at radius 3 is 2.56 bits per heavy atom. The van der Waals surface area contributed by atoms with Crippen molar-refractivity contribution in [2.75, 3.05) is 6.54 Å². The Balaban J connectivity index is 2.49. The lowest BCUT2D eigenvalue weighted by atomic mass is 10.0. The second-order valence-corrected chi connectivity index (χ2v) is 5.91. The number of halogens is 1. The van der Waals surface area contributed by atoms with Crippen molar-refractivity contribution in [2.45, 2.75) is 39.7 Å². The summed E-state index contributed by atoms with van der Waals surface area (Å²) in [5.74, 6) is 0.548. The molecule has 92 valence electrons. The van der Waals surface area contributed by atoms with Crippen LogP contribution < -0.4 is 5.32 Å². The minimum atomic E-state index is 0.171. The quantitative estimate of drug-likeness (QED) is 0.881. The summed E-state index contributed by atoms with van der Waals surface area (Å²) in [4.78, 5) is 0. The first kappa shape index (κ1) is 13.5. The molecule has 0 saturated heterocycles. The molecule has 4 heteroatoms. The summed E-state index contributed by atoms with van der Waals surface area (Å²) in [6, 6.07) is 0. The Morgan fingerprint density at radius 2 is 2.12 bits per heavy atom. The van der Waals surface area contributed by atoms with Gasteiger partial charge in [0.25, 0.3) is 0 Å². The molecule has 0 fully saturated rings. The number of nitrogens with zero attached hydrogens (tertiary/aromatic N) is 2. The average molecular weight is 244 g/mol. The van der Waals surface area contributed by atoms with Crippen LogP contribution in [0.25, 0.3) is 0 Å². The molecule has 0 amide bonds. The molecule has 0 spiro atoms. The van der Waals surface area contributed by atoms with Crippen molar-refractivity contribution in [3.8, 4) is 0 Å². The fourth-order valence-electron chi connectivity index (χ4n) is 1.55. The van der Waals surface area contributed by atoms with Crippen molar-refractivity contribution in [1.29, 1.82) is 0 Å². The van der Waals surface area contributed by atoms with Crippen LogP contribution in [0.3, 0.4) is 0 Å². The normalized spacial score (nSPS) is 14.1. The molecule has 1 unspecified atom stereocenters.